The Hall–Kier alpha value is -1.94. The Morgan fingerprint density at radius 2 is 1.71 bits per heavy atom. The number of benzene rings is 2. The van der Waals surface area contributed by atoms with Crippen molar-refractivity contribution in [1.29, 1.82) is 0 Å². The molecular weight excluding hydrogens is 280 g/mol. The van der Waals surface area contributed by atoms with E-state index in [0.29, 0.717) is 6.42 Å². The summed E-state index contributed by atoms with van der Waals surface area (Å²) in [5.41, 5.74) is 1.96. The molecule has 2 aromatic rings. The number of hydrogen-bond acceptors (Lipinski definition) is 3. The van der Waals surface area contributed by atoms with Gasteiger partial charge in [0, 0.05) is 42.5 Å². The lowest BCUT2D eigenvalue weighted by Gasteiger charge is -2.13. The maximum atomic E-state index is 11.9. The molecule has 0 aliphatic carbocycles. The van der Waals surface area contributed by atoms with Gasteiger partial charge in [-0.25, -0.2) is 0 Å². The molecule has 21 heavy (non-hydrogen) atoms. The fraction of sp³-hybridized carbons (Fsp3) is 0.235. The number of anilines is 2. The number of nitrogens with one attached hydrogen (secondary N) is 1. The molecule has 0 aliphatic rings. The van der Waals surface area contributed by atoms with E-state index >= 15 is 0 Å². The van der Waals surface area contributed by atoms with Crippen LogP contribution in [0, 0.1) is 0 Å². The lowest BCUT2D eigenvalue weighted by molar-refractivity contribution is -0.115. The third-order valence-corrected chi connectivity index (χ3v) is 4.02. The zero-order chi connectivity index (χ0) is 15.1. The topological polar surface area (TPSA) is 32.3 Å². The molecule has 3 nitrogen and oxygen atoms in total. The Labute approximate surface area is 130 Å². The monoisotopic (exact) mass is 300 g/mol. The molecule has 0 saturated heterocycles. The van der Waals surface area contributed by atoms with Crippen LogP contribution in [0.3, 0.4) is 0 Å². The largest absolute Gasteiger partial charge is 0.378 e. The van der Waals surface area contributed by atoms with E-state index in [-0.39, 0.29) is 5.91 Å². The van der Waals surface area contributed by atoms with Gasteiger partial charge in [0.1, 0.15) is 0 Å². The Balaban J connectivity index is 1.76. The highest BCUT2D eigenvalue weighted by Gasteiger charge is 2.03. The number of carbonyl (C=O) groups is 1. The molecule has 0 unspecified atom stereocenters. The number of amides is 1. The molecule has 0 aliphatic heterocycles. The Morgan fingerprint density at radius 3 is 2.33 bits per heavy atom. The Kier molecular flexibility index (Phi) is 5.69. The summed E-state index contributed by atoms with van der Waals surface area (Å²) in [6, 6.07) is 18.0. The van der Waals surface area contributed by atoms with Crippen molar-refractivity contribution in [1.82, 2.24) is 0 Å². The first-order valence-corrected chi connectivity index (χ1v) is 7.89. The van der Waals surface area contributed by atoms with Crippen LogP contribution in [0.15, 0.2) is 59.5 Å². The van der Waals surface area contributed by atoms with Crippen molar-refractivity contribution < 1.29 is 4.79 Å². The fourth-order valence-electron chi connectivity index (χ4n) is 1.84. The van der Waals surface area contributed by atoms with Crippen molar-refractivity contribution in [3.8, 4) is 0 Å². The molecule has 0 heterocycles. The first kappa shape index (κ1) is 15.4. The first-order valence-electron chi connectivity index (χ1n) is 6.90. The van der Waals surface area contributed by atoms with E-state index in [9.17, 15) is 4.79 Å². The zero-order valence-corrected chi connectivity index (χ0v) is 13.2. The van der Waals surface area contributed by atoms with Crippen LogP contribution in [-0.2, 0) is 4.79 Å². The summed E-state index contributed by atoms with van der Waals surface area (Å²) in [7, 11) is 3.99. The van der Waals surface area contributed by atoms with E-state index in [1.54, 1.807) is 11.8 Å². The van der Waals surface area contributed by atoms with Crippen LogP contribution in [0.2, 0.25) is 0 Å². The molecule has 4 heteroatoms. The highest BCUT2D eigenvalue weighted by atomic mass is 32.2. The van der Waals surface area contributed by atoms with Crippen molar-refractivity contribution in [3.63, 3.8) is 0 Å². The van der Waals surface area contributed by atoms with Crippen molar-refractivity contribution in [3.05, 3.63) is 54.6 Å². The minimum atomic E-state index is 0.0519. The van der Waals surface area contributed by atoms with E-state index in [4.69, 9.17) is 0 Å². The molecule has 0 bridgehead atoms. The van der Waals surface area contributed by atoms with Crippen LogP contribution < -0.4 is 10.2 Å². The Morgan fingerprint density at radius 1 is 1.05 bits per heavy atom. The first-order chi connectivity index (χ1) is 10.1. The molecule has 1 amide bonds. The summed E-state index contributed by atoms with van der Waals surface area (Å²) in [5.74, 6) is 0.835. The van der Waals surface area contributed by atoms with Crippen molar-refractivity contribution in [2.45, 2.75) is 11.3 Å². The van der Waals surface area contributed by atoms with Crippen molar-refractivity contribution in [2.75, 3.05) is 30.1 Å². The lowest BCUT2D eigenvalue weighted by atomic mass is 10.2. The van der Waals surface area contributed by atoms with Gasteiger partial charge in [-0.05, 0) is 36.4 Å². The highest BCUT2D eigenvalue weighted by Crippen LogP contribution is 2.19. The van der Waals surface area contributed by atoms with Crippen LogP contribution in [0.4, 0.5) is 11.4 Å². The smallest absolute Gasteiger partial charge is 0.225 e. The second-order valence-electron chi connectivity index (χ2n) is 4.90. The van der Waals surface area contributed by atoms with Gasteiger partial charge in [0.05, 0.1) is 0 Å². The molecule has 0 fully saturated rings. The number of hydrogen-bond donors (Lipinski definition) is 1. The van der Waals surface area contributed by atoms with Gasteiger partial charge in [-0.2, -0.15) is 0 Å². The SMILES string of the molecule is CN(C)c1ccc(NC(=O)CCSc2ccccc2)cc1. The van der Waals surface area contributed by atoms with Crippen LogP contribution in [0.25, 0.3) is 0 Å². The van der Waals surface area contributed by atoms with E-state index < -0.39 is 0 Å². The zero-order valence-electron chi connectivity index (χ0n) is 12.4. The minimum absolute atomic E-state index is 0.0519. The molecule has 1 N–H and O–H groups in total. The third-order valence-electron chi connectivity index (χ3n) is 3.01. The lowest BCUT2D eigenvalue weighted by Crippen LogP contribution is -2.12. The summed E-state index contributed by atoms with van der Waals surface area (Å²) in [5, 5.41) is 2.92. The number of nitrogens with zero attached hydrogens (tertiary/aromatic N) is 1. The van der Waals surface area contributed by atoms with Gasteiger partial charge in [-0.1, -0.05) is 18.2 Å². The van der Waals surface area contributed by atoms with E-state index in [1.807, 2.05) is 61.5 Å². The molecule has 0 radical (unpaired) electrons. The third kappa shape index (κ3) is 5.16. The van der Waals surface area contributed by atoms with Gasteiger partial charge in [0.25, 0.3) is 0 Å². The summed E-state index contributed by atoms with van der Waals surface area (Å²) < 4.78 is 0. The predicted molar refractivity (Wildman–Crippen MR) is 91.2 cm³/mol. The normalized spacial score (nSPS) is 10.2. The average Bonchev–Trinajstić information content (AvgIpc) is 2.49. The standard InChI is InChI=1S/C17H20N2OS/c1-19(2)15-10-8-14(9-11-15)18-17(20)12-13-21-16-6-4-3-5-7-16/h3-11H,12-13H2,1-2H3,(H,18,20). The van der Waals surface area contributed by atoms with Gasteiger partial charge in [-0.3, -0.25) is 4.79 Å². The summed E-state index contributed by atoms with van der Waals surface area (Å²) in [6.07, 6.45) is 0.509. The van der Waals surface area contributed by atoms with Crippen LogP contribution in [0.5, 0.6) is 0 Å². The molecular formula is C17H20N2OS. The highest BCUT2D eigenvalue weighted by molar-refractivity contribution is 7.99. The van der Waals surface area contributed by atoms with Gasteiger partial charge < -0.3 is 10.2 Å². The van der Waals surface area contributed by atoms with E-state index in [1.165, 1.54) is 4.90 Å². The minimum Gasteiger partial charge on any atom is -0.378 e. The number of carbonyl (C=O) groups excluding carboxylic acids is 1. The molecule has 0 saturated carbocycles. The second kappa shape index (κ2) is 7.74. The van der Waals surface area contributed by atoms with Crippen LogP contribution in [-0.4, -0.2) is 25.8 Å². The quantitative estimate of drug-likeness (QED) is 0.822. The maximum Gasteiger partial charge on any atom is 0.225 e. The second-order valence-corrected chi connectivity index (χ2v) is 6.07. The van der Waals surface area contributed by atoms with E-state index in [0.717, 1.165) is 17.1 Å². The molecule has 2 rings (SSSR count). The van der Waals surface area contributed by atoms with Crippen LogP contribution >= 0.6 is 11.8 Å². The summed E-state index contributed by atoms with van der Waals surface area (Å²) >= 11 is 1.70. The van der Waals surface area contributed by atoms with Gasteiger partial charge in [0.2, 0.25) is 5.91 Å². The molecule has 0 aromatic heterocycles. The summed E-state index contributed by atoms with van der Waals surface area (Å²) in [6.45, 7) is 0. The van der Waals surface area contributed by atoms with Gasteiger partial charge in [0.15, 0.2) is 0 Å². The van der Waals surface area contributed by atoms with Crippen LogP contribution in [0.1, 0.15) is 6.42 Å². The maximum absolute atomic E-state index is 11.9. The van der Waals surface area contributed by atoms with Crippen molar-refractivity contribution in [2.24, 2.45) is 0 Å². The fourth-order valence-corrected chi connectivity index (χ4v) is 2.72. The molecule has 110 valence electrons. The average molecular weight is 300 g/mol. The molecule has 2 aromatic carbocycles. The number of rotatable bonds is 6. The summed E-state index contributed by atoms with van der Waals surface area (Å²) in [4.78, 5) is 15.1. The molecule has 0 atom stereocenters. The van der Waals surface area contributed by atoms with Gasteiger partial charge >= 0.3 is 0 Å². The number of thioether (sulfide) groups is 1. The van der Waals surface area contributed by atoms with Gasteiger partial charge in [-0.15, -0.1) is 11.8 Å². The molecule has 0 spiro atoms. The van der Waals surface area contributed by atoms with E-state index in [2.05, 4.69) is 17.4 Å². The van der Waals surface area contributed by atoms with Crippen molar-refractivity contribution >= 4 is 29.0 Å². The Bertz CT molecular complexity index is 567. The predicted octanol–water partition coefficient (Wildman–Crippen LogP) is 3.87.